The molecule has 0 bridgehead atoms. The van der Waals surface area contributed by atoms with E-state index in [4.69, 9.17) is 9.15 Å². The van der Waals surface area contributed by atoms with Crippen molar-refractivity contribution in [2.45, 2.75) is 40.5 Å². The number of ether oxygens (including phenoxy) is 1. The monoisotopic (exact) mass is 260 g/mol. The van der Waals surface area contributed by atoms with Gasteiger partial charge in [-0.2, -0.15) is 0 Å². The summed E-state index contributed by atoms with van der Waals surface area (Å²) in [5, 5.41) is 0.984. The van der Waals surface area contributed by atoms with Crippen molar-refractivity contribution in [1.82, 2.24) is 0 Å². The van der Waals surface area contributed by atoms with Crippen LogP contribution in [0.25, 0.3) is 11.0 Å². The van der Waals surface area contributed by atoms with Crippen LogP contribution in [0.3, 0.4) is 0 Å². The van der Waals surface area contributed by atoms with Crippen LogP contribution >= 0.6 is 0 Å². The van der Waals surface area contributed by atoms with Crippen LogP contribution in [0.2, 0.25) is 0 Å². The Labute approximate surface area is 113 Å². The number of aryl methyl sites for hydroxylation is 2. The molecule has 1 heterocycles. The first-order valence-corrected chi connectivity index (χ1v) is 6.72. The highest BCUT2D eigenvalue weighted by molar-refractivity contribution is 5.85. The summed E-state index contributed by atoms with van der Waals surface area (Å²) < 4.78 is 11.1. The van der Waals surface area contributed by atoms with Crippen molar-refractivity contribution in [3.05, 3.63) is 39.2 Å². The Kier molecular flexibility index (Phi) is 3.93. The lowest BCUT2D eigenvalue weighted by molar-refractivity contribution is 0.307. The van der Waals surface area contributed by atoms with Crippen molar-refractivity contribution < 1.29 is 9.15 Å². The molecule has 0 N–H and O–H groups in total. The van der Waals surface area contributed by atoms with Gasteiger partial charge in [0.25, 0.3) is 0 Å². The summed E-state index contributed by atoms with van der Waals surface area (Å²) in [6.07, 6.45) is 2.12. The third kappa shape index (κ3) is 2.50. The largest absolute Gasteiger partial charge is 0.493 e. The third-order valence-electron chi connectivity index (χ3n) is 3.58. The van der Waals surface area contributed by atoms with Crippen LogP contribution in [-0.2, 0) is 0 Å². The molecule has 0 spiro atoms. The third-order valence-corrected chi connectivity index (χ3v) is 3.58. The molecular formula is C16H20O3. The number of fused-ring (bicyclic) bond motifs is 1. The van der Waals surface area contributed by atoms with Crippen LogP contribution in [-0.4, -0.2) is 6.61 Å². The number of hydrogen-bond donors (Lipinski definition) is 0. The van der Waals surface area contributed by atoms with Gasteiger partial charge in [-0.25, -0.2) is 4.79 Å². The predicted molar refractivity (Wildman–Crippen MR) is 77.1 cm³/mol. The second-order valence-corrected chi connectivity index (χ2v) is 4.91. The first-order chi connectivity index (χ1) is 9.06. The van der Waals surface area contributed by atoms with E-state index in [9.17, 15) is 4.79 Å². The van der Waals surface area contributed by atoms with E-state index in [2.05, 4.69) is 6.92 Å². The van der Waals surface area contributed by atoms with Gasteiger partial charge >= 0.3 is 5.63 Å². The quantitative estimate of drug-likeness (QED) is 0.618. The molecular weight excluding hydrogens is 240 g/mol. The van der Waals surface area contributed by atoms with Crippen LogP contribution in [0, 0.1) is 20.8 Å². The van der Waals surface area contributed by atoms with Crippen LogP contribution in [0.4, 0.5) is 0 Å². The lowest BCUT2D eigenvalue weighted by Crippen LogP contribution is -2.07. The van der Waals surface area contributed by atoms with Gasteiger partial charge in [0.1, 0.15) is 11.3 Å². The molecule has 0 radical (unpaired) electrons. The Balaban J connectivity index is 2.53. The molecule has 2 rings (SSSR count). The standard InChI is InChI=1S/C16H20O3/c1-5-6-9-18-14-8-7-13-10(2)11(3)16(17)19-15(13)12(14)4/h7-8H,5-6,9H2,1-4H3. The van der Waals surface area contributed by atoms with Gasteiger partial charge in [-0.05, 0) is 44.9 Å². The summed E-state index contributed by atoms with van der Waals surface area (Å²) in [4.78, 5) is 11.8. The summed E-state index contributed by atoms with van der Waals surface area (Å²) in [6, 6.07) is 3.93. The molecule has 0 amide bonds. The van der Waals surface area contributed by atoms with Crippen LogP contribution in [0.1, 0.15) is 36.5 Å². The molecule has 1 aromatic heterocycles. The van der Waals surface area contributed by atoms with Crippen molar-refractivity contribution in [3.8, 4) is 5.75 Å². The van der Waals surface area contributed by atoms with Gasteiger partial charge in [0.05, 0.1) is 6.61 Å². The van der Waals surface area contributed by atoms with Crippen molar-refractivity contribution in [3.63, 3.8) is 0 Å². The molecule has 19 heavy (non-hydrogen) atoms. The highest BCUT2D eigenvalue weighted by atomic mass is 16.5. The van der Waals surface area contributed by atoms with E-state index in [1.807, 2.05) is 26.0 Å². The minimum atomic E-state index is -0.265. The van der Waals surface area contributed by atoms with Gasteiger partial charge < -0.3 is 9.15 Å². The molecule has 0 unspecified atom stereocenters. The van der Waals surface area contributed by atoms with Gasteiger partial charge in [-0.15, -0.1) is 0 Å². The maximum atomic E-state index is 11.8. The van der Waals surface area contributed by atoms with Crippen molar-refractivity contribution in [1.29, 1.82) is 0 Å². The number of rotatable bonds is 4. The van der Waals surface area contributed by atoms with Crippen LogP contribution < -0.4 is 10.4 Å². The lowest BCUT2D eigenvalue weighted by atomic mass is 10.0. The Hall–Kier alpha value is -1.77. The van der Waals surface area contributed by atoms with E-state index in [-0.39, 0.29) is 5.63 Å². The van der Waals surface area contributed by atoms with E-state index >= 15 is 0 Å². The molecule has 0 saturated heterocycles. The molecule has 1 aromatic carbocycles. The van der Waals surface area contributed by atoms with Crippen molar-refractivity contribution in [2.75, 3.05) is 6.61 Å². The zero-order chi connectivity index (χ0) is 14.0. The molecule has 3 heteroatoms. The lowest BCUT2D eigenvalue weighted by Gasteiger charge is -2.12. The SMILES string of the molecule is CCCCOc1ccc2c(C)c(C)c(=O)oc2c1C. The summed E-state index contributed by atoms with van der Waals surface area (Å²) in [6.45, 7) is 8.49. The Bertz CT molecular complexity index is 653. The van der Waals surface area contributed by atoms with Crippen molar-refractivity contribution >= 4 is 11.0 Å². The minimum absolute atomic E-state index is 0.265. The van der Waals surface area contributed by atoms with Gasteiger partial charge in [0, 0.05) is 16.5 Å². The van der Waals surface area contributed by atoms with Gasteiger partial charge in [0.15, 0.2) is 0 Å². The average molecular weight is 260 g/mol. The normalized spacial score (nSPS) is 10.9. The first kappa shape index (κ1) is 13.7. The number of benzene rings is 1. The van der Waals surface area contributed by atoms with Crippen molar-refractivity contribution in [2.24, 2.45) is 0 Å². The summed E-state index contributed by atoms with van der Waals surface area (Å²) >= 11 is 0. The predicted octanol–water partition coefficient (Wildman–Crippen LogP) is 3.90. The van der Waals surface area contributed by atoms with Gasteiger partial charge in [-0.1, -0.05) is 13.3 Å². The molecule has 0 aliphatic rings. The average Bonchev–Trinajstić information content (AvgIpc) is 2.40. The topological polar surface area (TPSA) is 39.4 Å². The van der Waals surface area contributed by atoms with Crippen LogP contribution in [0.5, 0.6) is 5.75 Å². The molecule has 3 nitrogen and oxygen atoms in total. The maximum Gasteiger partial charge on any atom is 0.339 e. The summed E-state index contributed by atoms with van der Waals surface area (Å²) in [7, 11) is 0. The Morgan fingerprint density at radius 2 is 1.84 bits per heavy atom. The fourth-order valence-corrected chi connectivity index (χ4v) is 2.11. The van der Waals surface area contributed by atoms with E-state index in [0.29, 0.717) is 17.8 Å². The van der Waals surface area contributed by atoms with E-state index in [1.54, 1.807) is 6.92 Å². The minimum Gasteiger partial charge on any atom is -0.493 e. The molecule has 2 aromatic rings. The second kappa shape index (κ2) is 5.47. The highest BCUT2D eigenvalue weighted by Crippen LogP contribution is 2.29. The van der Waals surface area contributed by atoms with Crippen LogP contribution in [0.15, 0.2) is 21.3 Å². The van der Waals surface area contributed by atoms with E-state index in [1.165, 1.54) is 0 Å². The first-order valence-electron chi connectivity index (χ1n) is 6.72. The molecule has 0 atom stereocenters. The summed E-state index contributed by atoms with van der Waals surface area (Å²) in [5.41, 5.74) is 2.93. The molecule has 0 aliphatic heterocycles. The number of unbranched alkanes of at least 4 members (excludes halogenated alkanes) is 1. The Morgan fingerprint density at radius 3 is 2.53 bits per heavy atom. The Morgan fingerprint density at radius 1 is 1.11 bits per heavy atom. The maximum absolute atomic E-state index is 11.8. The fourth-order valence-electron chi connectivity index (χ4n) is 2.11. The smallest absolute Gasteiger partial charge is 0.339 e. The fraction of sp³-hybridized carbons (Fsp3) is 0.438. The zero-order valence-electron chi connectivity index (χ0n) is 12.0. The van der Waals surface area contributed by atoms with E-state index in [0.717, 1.165) is 35.1 Å². The highest BCUT2D eigenvalue weighted by Gasteiger charge is 2.12. The zero-order valence-corrected chi connectivity index (χ0v) is 12.0. The molecule has 0 saturated carbocycles. The molecule has 0 fully saturated rings. The van der Waals surface area contributed by atoms with Gasteiger partial charge in [0.2, 0.25) is 0 Å². The number of hydrogen-bond acceptors (Lipinski definition) is 3. The molecule has 0 aliphatic carbocycles. The second-order valence-electron chi connectivity index (χ2n) is 4.91. The van der Waals surface area contributed by atoms with E-state index < -0.39 is 0 Å². The van der Waals surface area contributed by atoms with Gasteiger partial charge in [-0.3, -0.25) is 0 Å². The molecule has 102 valence electrons. The summed E-state index contributed by atoms with van der Waals surface area (Å²) in [5.74, 6) is 0.798.